The number of piperazine rings is 1. The molecule has 2 fully saturated rings. The number of hydrogen-bond donors (Lipinski definition) is 2. The molecular formula is C9H18ClN3O2. The number of rotatable bonds is 1. The fourth-order valence-corrected chi connectivity index (χ4v) is 1.81. The van der Waals surface area contributed by atoms with Gasteiger partial charge in [0.15, 0.2) is 0 Å². The molecule has 2 heterocycles. The smallest absolute Gasteiger partial charge is 0.253 e. The van der Waals surface area contributed by atoms with Crippen LogP contribution < -0.4 is 10.6 Å². The molecule has 2 saturated heterocycles. The number of amides is 1. The normalized spacial score (nSPS) is 26.9. The van der Waals surface area contributed by atoms with Crippen LogP contribution in [0.5, 0.6) is 0 Å². The van der Waals surface area contributed by atoms with E-state index in [2.05, 4.69) is 10.6 Å². The summed E-state index contributed by atoms with van der Waals surface area (Å²) < 4.78 is 5.42. The van der Waals surface area contributed by atoms with Gasteiger partial charge in [-0.15, -0.1) is 12.4 Å². The second kappa shape index (κ2) is 6.27. The second-order valence-electron chi connectivity index (χ2n) is 3.64. The molecule has 15 heavy (non-hydrogen) atoms. The van der Waals surface area contributed by atoms with Crippen molar-refractivity contribution in [2.24, 2.45) is 0 Å². The number of carbonyl (C=O) groups is 1. The van der Waals surface area contributed by atoms with Crippen LogP contribution in [0.15, 0.2) is 0 Å². The van der Waals surface area contributed by atoms with Crippen LogP contribution in [0.3, 0.4) is 0 Å². The molecule has 0 aromatic rings. The molecule has 1 atom stereocenters. The van der Waals surface area contributed by atoms with Crippen molar-refractivity contribution in [2.45, 2.75) is 6.10 Å². The zero-order valence-electron chi connectivity index (χ0n) is 8.70. The van der Waals surface area contributed by atoms with Crippen LogP contribution in [0.2, 0.25) is 0 Å². The summed E-state index contributed by atoms with van der Waals surface area (Å²) in [5.74, 6) is 0.138. The molecule has 2 aliphatic rings. The number of nitrogens with one attached hydrogen (secondary N) is 2. The van der Waals surface area contributed by atoms with Gasteiger partial charge in [-0.2, -0.15) is 0 Å². The van der Waals surface area contributed by atoms with Crippen molar-refractivity contribution in [3.05, 3.63) is 0 Å². The van der Waals surface area contributed by atoms with Gasteiger partial charge in [-0.05, 0) is 0 Å². The maximum atomic E-state index is 11.9. The highest BCUT2D eigenvalue weighted by molar-refractivity contribution is 5.85. The van der Waals surface area contributed by atoms with Gasteiger partial charge in [0.1, 0.15) is 6.10 Å². The topological polar surface area (TPSA) is 53.6 Å². The Morgan fingerprint density at radius 2 is 1.93 bits per heavy atom. The Kier molecular flexibility index (Phi) is 5.31. The Hall–Kier alpha value is -0.360. The summed E-state index contributed by atoms with van der Waals surface area (Å²) in [4.78, 5) is 13.8. The third-order valence-electron chi connectivity index (χ3n) is 2.63. The average Bonchev–Trinajstić information content (AvgIpc) is 2.30. The highest BCUT2D eigenvalue weighted by Crippen LogP contribution is 2.03. The van der Waals surface area contributed by atoms with Crippen LogP contribution in [0.1, 0.15) is 0 Å². The Morgan fingerprint density at radius 3 is 2.53 bits per heavy atom. The SMILES string of the molecule is Cl.O=C([C@@H]1CNCCO1)N1CCNCC1. The van der Waals surface area contributed by atoms with E-state index < -0.39 is 0 Å². The van der Waals surface area contributed by atoms with Crippen LogP contribution in [-0.2, 0) is 9.53 Å². The van der Waals surface area contributed by atoms with Crippen molar-refractivity contribution in [3.8, 4) is 0 Å². The van der Waals surface area contributed by atoms with Gasteiger partial charge >= 0.3 is 0 Å². The maximum Gasteiger partial charge on any atom is 0.253 e. The Bertz CT molecular complexity index is 184. The molecule has 0 radical (unpaired) electrons. The minimum atomic E-state index is -0.262. The molecule has 0 unspecified atom stereocenters. The lowest BCUT2D eigenvalue weighted by Crippen LogP contribution is -2.54. The van der Waals surface area contributed by atoms with E-state index in [0.717, 1.165) is 32.7 Å². The van der Waals surface area contributed by atoms with E-state index in [0.29, 0.717) is 13.2 Å². The van der Waals surface area contributed by atoms with Crippen LogP contribution in [-0.4, -0.2) is 62.8 Å². The Balaban J connectivity index is 0.00000112. The fourth-order valence-electron chi connectivity index (χ4n) is 1.81. The largest absolute Gasteiger partial charge is 0.366 e. The van der Waals surface area contributed by atoms with Gasteiger partial charge in [0, 0.05) is 39.3 Å². The molecule has 0 aromatic heterocycles. The molecule has 88 valence electrons. The van der Waals surface area contributed by atoms with E-state index in [1.54, 1.807) is 0 Å². The molecule has 2 aliphatic heterocycles. The van der Waals surface area contributed by atoms with E-state index in [4.69, 9.17) is 4.74 Å². The molecule has 0 aromatic carbocycles. The quantitative estimate of drug-likeness (QED) is 0.602. The molecule has 0 spiro atoms. The summed E-state index contributed by atoms with van der Waals surface area (Å²) >= 11 is 0. The van der Waals surface area contributed by atoms with Crippen molar-refractivity contribution in [1.82, 2.24) is 15.5 Å². The number of ether oxygens (including phenoxy) is 1. The van der Waals surface area contributed by atoms with Gasteiger partial charge in [0.05, 0.1) is 6.61 Å². The summed E-state index contributed by atoms with van der Waals surface area (Å²) in [5.41, 5.74) is 0. The Morgan fingerprint density at radius 1 is 1.20 bits per heavy atom. The van der Waals surface area contributed by atoms with Gasteiger partial charge in [-0.1, -0.05) is 0 Å². The average molecular weight is 236 g/mol. The summed E-state index contributed by atoms with van der Waals surface area (Å²) in [6, 6.07) is 0. The summed E-state index contributed by atoms with van der Waals surface area (Å²) in [7, 11) is 0. The zero-order chi connectivity index (χ0) is 9.80. The number of carbonyl (C=O) groups excluding carboxylic acids is 1. The molecule has 5 nitrogen and oxygen atoms in total. The van der Waals surface area contributed by atoms with E-state index in [1.165, 1.54) is 0 Å². The molecule has 0 saturated carbocycles. The van der Waals surface area contributed by atoms with Crippen LogP contribution in [0, 0.1) is 0 Å². The Labute approximate surface area is 95.9 Å². The first-order valence-electron chi connectivity index (χ1n) is 5.20. The first kappa shape index (κ1) is 12.7. The summed E-state index contributed by atoms with van der Waals surface area (Å²) in [6.45, 7) is 5.55. The molecule has 2 rings (SSSR count). The second-order valence-corrected chi connectivity index (χ2v) is 3.64. The predicted octanol–water partition coefficient (Wildman–Crippen LogP) is -1.17. The molecule has 1 amide bonds. The zero-order valence-corrected chi connectivity index (χ0v) is 9.52. The van der Waals surface area contributed by atoms with Gasteiger partial charge in [-0.3, -0.25) is 4.79 Å². The monoisotopic (exact) mass is 235 g/mol. The lowest BCUT2D eigenvalue weighted by Gasteiger charge is -2.32. The van der Waals surface area contributed by atoms with E-state index in [-0.39, 0.29) is 24.4 Å². The van der Waals surface area contributed by atoms with Gasteiger partial charge in [0.25, 0.3) is 5.91 Å². The standard InChI is InChI=1S/C9H17N3O2.ClH/c13-9(8-7-11-3-6-14-8)12-4-1-10-2-5-12;/h8,10-11H,1-7H2;1H/t8-;/m0./s1. The van der Waals surface area contributed by atoms with Crippen molar-refractivity contribution >= 4 is 18.3 Å². The highest BCUT2D eigenvalue weighted by atomic mass is 35.5. The van der Waals surface area contributed by atoms with E-state index >= 15 is 0 Å². The molecule has 6 heteroatoms. The fraction of sp³-hybridized carbons (Fsp3) is 0.889. The minimum absolute atomic E-state index is 0. The predicted molar refractivity (Wildman–Crippen MR) is 59.3 cm³/mol. The van der Waals surface area contributed by atoms with Crippen molar-refractivity contribution in [2.75, 3.05) is 45.9 Å². The van der Waals surface area contributed by atoms with Crippen LogP contribution in [0.4, 0.5) is 0 Å². The maximum absolute atomic E-state index is 11.9. The van der Waals surface area contributed by atoms with Crippen LogP contribution >= 0.6 is 12.4 Å². The molecule has 2 N–H and O–H groups in total. The number of morpholine rings is 1. The number of nitrogens with zero attached hydrogens (tertiary/aromatic N) is 1. The summed E-state index contributed by atoms with van der Waals surface area (Å²) in [5, 5.41) is 6.39. The van der Waals surface area contributed by atoms with Gasteiger partial charge in [0.2, 0.25) is 0 Å². The van der Waals surface area contributed by atoms with E-state index in [1.807, 2.05) is 4.90 Å². The van der Waals surface area contributed by atoms with E-state index in [9.17, 15) is 4.79 Å². The summed E-state index contributed by atoms with van der Waals surface area (Å²) in [6.07, 6.45) is -0.262. The number of halogens is 1. The third kappa shape index (κ3) is 3.31. The third-order valence-corrected chi connectivity index (χ3v) is 2.63. The lowest BCUT2D eigenvalue weighted by atomic mass is 10.2. The molecule has 0 bridgehead atoms. The molecule has 0 aliphatic carbocycles. The van der Waals surface area contributed by atoms with Crippen molar-refractivity contribution in [3.63, 3.8) is 0 Å². The minimum Gasteiger partial charge on any atom is -0.366 e. The van der Waals surface area contributed by atoms with Crippen LogP contribution in [0.25, 0.3) is 0 Å². The molecular weight excluding hydrogens is 218 g/mol. The van der Waals surface area contributed by atoms with Crippen molar-refractivity contribution in [1.29, 1.82) is 0 Å². The first-order valence-corrected chi connectivity index (χ1v) is 5.20. The first-order chi connectivity index (χ1) is 6.88. The van der Waals surface area contributed by atoms with Gasteiger partial charge in [-0.25, -0.2) is 0 Å². The number of hydrogen-bond acceptors (Lipinski definition) is 4. The van der Waals surface area contributed by atoms with Crippen molar-refractivity contribution < 1.29 is 9.53 Å². The highest BCUT2D eigenvalue weighted by Gasteiger charge is 2.27. The lowest BCUT2D eigenvalue weighted by molar-refractivity contribution is -0.145. The van der Waals surface area contributed by atoms with Gasteiger partial charge < -0.3 is 20.3 Å².